The first-order valence-corrected chi connectivity index (χ1v) is 15.4. The molecule has 0 aliphatic rings. The van der Waals surface area contributed by atoms with Crippen molar-refractivity contribution in [3.8, 4) is 17.0 Å². The number of ether oxygens (including phenoxy) is 1. The molecule has 0 radical (unpaired) electrons. The quantitative estimate of drug-likeness (QED) is 0.0766. The highest BCUT2D eigenvalue weighted by molar-refractivity contribution is 5.99. The summed E-state index contributed by atoms with van der Waals surface area (Å²) in [7, 11) is 3.61. The maximum atomic E-state index is 13.1. The van der Waals surface area contributed by atoms with Crippen LogP contribution >= 0.6 is 12.4 Å². The summed E-state index contributed by atoms with van der Waals surface area (Å²) in [5.74, 6) is 0.654. The number of benzene rings is 4. The summed E-state index contributed by atoms with van der Waals surface area (Å²) >= 11 is 0. The fourth-order valence-corrected chi connectivity index (χ4v) is 4.58. The molecule has 0 atom stereocenters. The van der Waals surface area contributed by atoms with Gasteiger partial charge in [0.1, 0.15) is 12.4 Å². The summed E-state index contributed by atoms with van der Waals surface area (Å²) in [5.41, 5.74) is 7.46. The van der Waals surface area contributed by atoms with Crippen LogP contribution in [0.5, 0.6) is 5.75 Å². The summed E-state index contributed by atoms with van der Waals surface area (Å²) in [6, 6.07) is 33.4. The zero-order chi connectivity index (χ0) is 35.2. The summed E-state index contributed by atoms with van der Waals surface area (Å²) in [6.45, 7) is 1.66. The Morgan fingerprint density at radius 3 is 1.92 bits per heavy atom. The number of rotatable bonds is 11. The number of nitrogens with zero attached hydrogens (tertiary/aromatic N) is 4. The van der Waals surface area contributed by atoms with Gasteiger partial charge in [-0.15, -0.1) is 12.4 Å². The van der Waals surface area contributed by atoms with Gasteiger partial charge < -0.3 is 25.6 Å². The van der Waals surface area contributed by atoms with Gasteiger partial charge in [0.2, 0.25) is 5.95 Å². The van der Waals surface area contributed by atoms with Crippen molar-refractivity contribution in [3.63, 3.8) is 0 Å². The number of nitrogens with two attached hydrogens (primary N) is 1. The summed E-state index contributed by atoms with van der Waals surface area (Å²) in [6.07, 6.45) is -3.07. The lowest BCUT2D eigenvalue weighted by molar-refractivity contribution is -0.137. The van der Waals surface area contributed by atoms with E-state index in [4.69, 9.17) is 15.9 Å². The van der Waals surface area contributed by atoms with Crippen molar-refractivity contribution in [2.45, 2.75) is 19.3 Å². The van der Waals surface area contributed by atoms with Crippen molar-refractivity contribution in [1.82, 2.24) is 20.2 Å². The van der Waals surface area contributed by atoms with Gasteiger partial charge in [-0.3, -0.25) is 10.2 Å². The highest BCUT2D eigenvalue weighted by atomic mass is 35.5. The molecule has 0 spiro atoms. The molecular formula is C37H39ClF3N7O2. The van der Waals surface area contributed by atoms with Crippen molar-refractivity contribution in [2.24, 2.45) is 5.73 Å². The Morgan fingerprint density at radius 1 is 0.840 bits per heavy atom. The number of alkyl halides is 3. The van der Waals surface area contributed by atoms with Crippen molar-refractivity contribution in [1.29, 1.82) is 5.41 Å². The molecule has 13 heteroatoms. The Hall–Kier alpha value is -5.62. The Labute approximate surface area is 295 Å². The van der Waals surface area contributed by atoms with Crippen LogP contribution in [-0.2, 0) is 19.3 Å². The maximum absolute atomic E-state index is 13.1. The van der Waals surface area contributed by atoms with E-state index in [1.54, 1.807) is 23.9 Å². The van der Waals surface area contributed by atoms with E-state index in [0.29, 0.717) is 30.4 Å². The molecule has 0 fully saturated rings. The zero-order valence-electron chi connectivity index (χ0n) is 27.6. The van der Waals surface area contributed by atoms with Gasteiger partial charge in [-0.2, -0.15) is 13.2 Å². The number of anilines is 1. The number of guanidine groups is 1. The fraction of sp³-hybridized carbons (Fsp3) is 0.189. The molecule has 9 nitrogen and oxygen atoms in total. The SMILES string of the molecule is CN(Cc1ccccc1)C(=N)N.CN(Cc1ccccc1)c1ncc(C(=O)NCCOc2ccccc2)c(-c2ccc(C(F)(F)F)cc2)n1.Cl. The molecule has 4 N–H and O–H groups in total. The second kappa shape index (κ2) is 18.8. The molecule has 1 amide bonds. The van der Waals surface area contributed by atoms with Gasteiger partial charge >= 0.3 is 6.18 Å². The first-order chi connectivity index (χ1) is 23.5. The number of nitrogens with one attached hydrogen (secondary N) is 2. The standard InChI is InChI=1S/C28H25F3N4O2.C9H13N3.ClH/c1-35(19-20-8-4-2-5-9-20)27-33-18-24(26(36)32-16-17-37-23-10-6-3-7-11-23)25(34-27)21-12-14-22(15-13-21)28(29,30)31;1-12(9(10)11)7-8-5-3-2-4-6-8;/h2-15,18H,16-17,19H2,1H3,(H,32,36);2-6H,7H2,1H3,(H3,10,11);1H. The number of hydrogen-bond donors (Lipinski definition) is 3. The molecule has 5 aromatic rings. The molecular weight excluding hydrogens is 667 g/mol. The molecule has 1 aromatic heterocycles. The Bertz CT molecular complexity index is 1780. The fourth-order valence-electron chi connectivity index (χ4n) is 4.58. The molecule has 0 aliphatic heterocycles. The van der Waals surface area contributed by atoms with Gasteiger partial charge in [0.25, 0.3) is 5.91 Å². The van der Waals surface area contributed by atoms with Crippen LogP contribution in [0.3, 0.4) is 0 Å². The Balaban J connectivity index is 0.000000441. The third kappa shape index (κ3) is 11.8. The molecule has 50 heavy (non-hydrogen) atoms. The topological polar surface area (TPSA) is 120 Å². The molecule has 0 unspecified atom stereocenters. The molecule has 0 saturated carbocycles. The minimum absolute atomic E-state index is 0. The predicted octanol–water partition coefficient (Wildman–Crippen LogP) is 7.04. The average Bonchev–Trinajstić information content (AvgIpc) is 3.11. The predicted molar refractivity (Wildman–Crippen MR) is 192 cm³/mol. The van der Waals surface area contributed by atoms with Crippen LogP contribution < -0.4 is 20.7 Å². The third-order valence-electron chi connectivity index (χ3n) is 7.18. The number of halogens is 4. The molecule has 1 heterocycles. The van der Waals surface area contributed by atoms with Crippen molar-refractivity contribution >= 4 is 30.2 Å². The first-order valence-electron chi connectivity index (χ1n) is 15.4. The van der Waals surface area contributed by atoms with Crippen molar-refractivity contribution in [2.75, 3.05) is 32.1 Å². The number of aromatic nitrogens is 2. The number of para-hydroxylation sites is 1. The highest BCUT2D eigenvalue weighted by Gasteiger charge is 2.30. The number of hydrogen-bond acceptors (Lipinski definition) is 6. The summed E-state index contributed by atoms with van der Waals surface area (Å²) < 4.78 is 44.9. The van der Waals surface area contributed by atoms with Gasteiger partial charge in [0.15, 0.2) is 5.96 Å². The number of carbonyl (C=O) groups is 1. The molecule has 4 aromatic carbocycles. The molecule has 0 bridgehead atoms. The first kappa shape index (κ1) is 38.8. The normalized spacial score (nSPS) is 10.5. The van der Waals surface area contributed by atoms with E-state index in [2.05, 4.69) is 15.3 Å². The van der Waals surface area contributed by atoms with E-state index in [-0.39, 0.29) is 42.8 Å². The Morgan fingerprint density at radius 2 is 1.38 bits per heavy atom. The lowest BCUT2D eigenvalue weighted by Crippen LogP contribution is -2.32. The summed E-state index contributed by atoms with van der Waals surface area (Å²) in [5, 5.41) is 9.92. The molecule has 0 aliphatic carbocycles. The van der Waals surface area contributed by atoms with Crippen LogP contribution in [0, 0.1) is 5.41 Å². The zero-order valence-corrected chi connectivity index (χ0v) is 28.4. The minimum atomic E-state index is -4.47. The van der Waals surface area contributed by atoms with Gasteiger partial charge in [-0.25, -0.2) is 9.97 Å². The monoisotopic (exact) mass is 705 g/mol. The van der Waals surface area contributed by atoms with E-state index >= 15 is 0 Å². The van der Waals surface area contributed by atoms with Crippen LogP contribution in [0.2, 0.25) is 0 Å². The Kier molecular flexibility index (Phi) is 14.6. The van der Waals surface area contributed by atoms with Gasteiger partial charge in [-0.05, 0) is 35.4 Å². The maximum Gasteiger partial charge on any atom is 0.416 e. The van der Waals surface area contributed by atoms with E-state index < -0.39 is 17.6 Å². The van der Waals surface area contributed by atoms with Crippen molar-refractivity contribution in [3.05, 3.63) is 144 Å². The van der Waals surface area contributed by atoms with Crippen LogP contribution in [-0.4, -0.2) is 54.0 Å². The number of amides is 1. The number of carbonyl (C=O) groups excluding carboxylic acids is 1. The van der Waals surface area contributed by atoms with Crippen LogP contribution in [0.25, 0.3) is 11.3 Å². The molecule has 262 valence electrons. The average molecular weight is 706 g/mol. The van der Waals surface area contributed by atoms with E-state index in [1.807, 2.05) is 91.0 Å². The van der Waals surface area contributed by atoms with E-state index in [1.165, 1.54) is 18.3 Å². The van der Waals surface area contributed by atoms with Crippen molar-refractivity contribution < 1.29 is 22.7 Å². The smallest absolute Gasteiger partial charge is 0.416 e. The molecule has 0 saturated heterocycles. The second-order valence-electron chi connectivity index (χ2n) is 11.0. The van der Waals surface area contributed by atoms with Gasteiger partial charge in [0.05, 0.1) is 23.4 Å². The highest BCUT2D eigenvalue weighted by Crippen LogP contribution is 2.32. The van der Waals surface area contributed by atoms with Gasteiger partial charge in [0, 0.05) is 38.9 Å². The lowest BCUT2D eigenvalue weighted by Gasteiger charge is -2.19. The van der Waals surface area contributed by atoms with Crippen LogP contribution in [0.4, 0.5) is 19.1 Å². The summed E-state index contributed by atoms with van der Waals surface area (Å²) in [4.78, 5) is 25.4. The lowest BCUT2D eigenvalue weighted by atomic mass is 10.0. The van der Waals surface area contributed by atoms with E-state index in [9.17, 15) is 18.0 Å². The third-order valence-corrected chi connectivity index (χ3v) is 7.18. The van der Waals surface area contributed by atoms with E-state index in [0.717, 1.165) is 23.3 Å². The molecule has 5 rings (SSSR count). The van der Waals surface area contributed by atoms with Crippen LogP contribution in [0.1, 0.15) is 27.0 Å². The van der Waals surface area contributed by atoms with Gasteiger partial charge in [-0.1, -0.05) is 91.0 Å². The largest absolute Gasteiger partial charge is 0.492 e. The second-order valence-corrected chi connectivity index (χ2v) is 11.0. The minimum Gasteiger partial charge on any atom is -0.492 e. The van der Waals surface area contributed by atoms with Crippen LogP contribution in [0.15, 0.2) is 121 Å².